The van der Waals surface area contributed by atoms with Crippen LogP contribution in [0.3, 0.4) is 0 Å². The Morgan fingerprint density at radius 3 is 2.82 bits per heavy atom. The van der Waals surface area contributed by atoms with Crippen molar-refractivity contribution in [1.29, 1.82) is 0 Å². The second kappa shape index (κ2) is 8.68. The molecule has 120 valence electrons. The van der Waals surface area contributed by atoms with Crippen molar-refractivity contribution in [2.75, 3.05) is 20.2 Å². The topological polar surface area (TPSA) is 68.7 Å². The van der Waals surface area contributed by atoms with Crippen LogP contribution in [0.4, 0.5) is 0 Å². The van der Waals surface area contributed by atoms with E-state index in [2.05, 4.69) is 0 Å². The fourth-order valence-corrected chi connectivity index (χ4v) is 1.96. The molecule has 0 aliphatic carbocycles. The van der Waals surface area contributed by atoms with Gasteiger partial charge in [-0.15, -0.1) is 12.4 Å². The molecule has 5 nitrogen and oxygen atoms in total. The predicted molar refractivity (Wildman–Crippen MR) is 87.8 cm³/mol. The highest BCUT2D eigenvalue weighted by atomic mass is 35.5. The van der Waals surface area contributed by atoms with Crippen LogP contribution >= 0.6 is 24.0 Å². The summed E-state index contributed by atoms with van der Waals surface area (Å²) in [4.78, 5) is 13.7. The number of hydrogen-bond donors (Lipinski definition) is 1. The minimum Gasteiger partial charge on any atom is -0.492 e. The van der Waals surface area contributed by atoms with Gasteiger partial charge in [-0.05, 0) is 24.3 Å². The van der Waals surface area contributed by atoms with E-state index in [1.807, 2.05) is 12.1 Å². The summed E-state index contributed by atoms with van der Waals surface area (Å²) in [7, 11) is 1.71. The van der Waals surface area contributed by atoms with Crippen molar-refractivity contribution in [3.8, 4) is 5.75 Å². The number of hydrogen-bond acceptors (Lipinski definition) is 4. The highest BCUT2D eigenvalue weighted by Crippen LogP contribution is 2.17. The van der Waals surface area contributed by atoms with E-state index >= 15 is 0 Å². The molecule has 0 saturated heterocycles. The monoisotopic (exact) mass is 344 g/mol. The van der Waals surface area contributed by atoms with Gasteiger partial charge in [-0.1, -0.05) is 17.7 Å². The number of nitrogens with zero attached hydrogens (tertiary/aromatic N) is 1. The molecule has 22 heavy (non-hydrogen) atoms. The first-order chi connectivity index (χ1) is 10.1. The average molecular weight is 345 g/mol. The molecule has 1 aromatic heterocycles. The summed E-state index contributed by atoms with van der Waals surface area (Å²) in [6, 6.07) is 8.78. The lowest BCUT2D eigenvalue weighted by atomic mass is 10.2. The molecule has 0 bridgehead atoms. The summed E-state index contributed by atoms with van der Waals surface area (Å²) in [6.07, 6.45) is 1.42. The van der Waals surface area contributed by atoms with E-state index in [1.54, 1.807) is 30.1 Å². The van der Waals surface area contributed by atoms with Gasteiger partial charge in [0.2, 0.25) is 0 Å². The van der Waals surface area contributed by atoms with Gasteiger partial charge in [0.25, 0.3) is 5.91 Å². The van der Waals surface area contributed by atoms with E-state index < -0.39 is 0 Å². The molecule has 0 radical (unpaired) electrons. The number of halogens is 2. The van der Waals surface area contributed by atoms with Crippen molar-refractivity contribution in [2.45, 2.75) is 6.54 Å². The molecule has 2 N–H and O–H groups in total. The van der Waals surface area contributed by atoms with Gasteiger partial charge in [-0.3, -0.25) is 4.79 Å². The minimum atomic E-state index is -0.131. The van der Waals surface area contributed by atoms with E-state index in [4.69, 9.17) is 26.5 Å². The van der Waals surface area contributed by atoms with Gasteiger partial charge in [-0.2, -0.15) is 0 Å². The van der Waals surface area contributed by atoms with Crippen LogP contribution in [0, 0.1) is 0 Å². The van der Waals surface area contributed by atoms with Crippen LogP contribution < -0.4 is 10.5 Å². The quantitative estimate of drug-likeness (QED) is 0.874. The zero-order valence-corrected chi connectivity index (χ0v) is 13.7. The zero-order chi connectivity index (χ0) is 15.2. The number of ether oxygens (including phenoxy) is 1. The number of likely N-dealkylation sites (N-methyl/N-ethyl adjacent to an activating group) is 1. The Balaban J connectivity index is 0.00000242. The maximum atomic E-state index is 12.1. The van der Waals surface area contributed by atoms with E-state index in [9.17, 15) is 4.79 Å². The van der Waals surface area contributed by atoms with E-state index in [1.165, 1.54) is 6.26 Å². The molecule has 0 fully saturated rings. The van der Waals surface area contributed by atoms with Crippen LogP contribution in [0.25, 0.3) is 0 Å². The van der Waals surface area contributed by atoms with E-state index in [0.29, 0.717) is 35.2 Å². The van der Waals surface area contributed by atoms with E-state index in [-0.39, 0.29) is 24.9 Å². The molecule has 1 heterocycles. The largest absolute Gasteiger partial charge is 0.492 e. The lowest BCUT2D eigenvalue weighted by Gasteiger charge is -2.16. The number of nitrogens with two attached hydrogens (primary N) is 1. The second-order valence-electron chi connectivity index (χ2n) is 4.54. The van der Waals surface area contributed by atoms with Crippen molar-refractivity contribution >= 4 is 29.9 Å². The van der Waals surface area contributed by atoms with Gasteiger partial charge in [0.15, 0.2) is 0 Å². The SMILES string of the molecule is CN(CCOc1cccc(Cl)c1)C(=O)c1coc(CN)c1.Cl. The van der Waals surface area contributed by atoms with Crippen molar-refractivity contribution in [3.63, 3.8) is 0 Å². The molecule has 0 aliphatic heterocycles. The normalized spacial score (nSPS) is 9.95. The molecule has 1 aromatic carbocycles. The summed E-state index contributed by atoms with van der Waals surface area (Å²) >= 11 is 5.87. The molecule has 7 heteroatoms. The first-order valence-electron chi connectivity index (χ1n) is 6.51. The predicted octanol–water partition coefficient (Wildman–Crippen LogP) is 2.96. The van der Waals surface area contributed by atoms with Gasteiger partial charge in [0.05, 0.1) is 18.7 Å². The van der Waals surface area contributed by atoms with Crippen LogP contribution in [0.15, 0.2) is 41.0 Å². The molecule has 0 aliphatic rings. The number of carbonyl (C=O) groups excluding carboxylic acids is 1. The Bertz CT molecular complexity index is 616. The smallest absolute Gasteiger partial charge is 0.256 e. The van der Waals surface area contributed by atoms with Crippen LogP contribution in [0.5, 0.6) is 5.75 Å². The molecule has 0 spiro atoms. The number of furan rings is 1. The van der Waals surface area contributed by atoms with Crippen molar-refractivity contribution in [3.05, 3.63) is 52.9 Å². The Hall–Kier alpha value is -1.69. The Morgan fingerprint density at radius 2 is 2.18 bits per heavy atom. The fraction of sp³-hybridized carbons (Fsp3) is 0.267. The fourth-order valence-electron chi connectivity index (χ4n) is 1.78. The first kappa shape index (κ1) is 18.4. The molecule has 1 amide bonds. The van der Waals surface area contributed by atoms with Crippen molar-refractivity contribution < 1.29 is 13.9 Å². The average Bonchev–Trinajstić information content (AvgIpc) is 2.95. The van der Waals surface area contributed by atoms with Gasteiger partial charge >= 0.3 is 0 Å². The standard InChI is InChI=1S/C15H17ClN2O3.ClH/c1-18(15(19)11-7-14(9-17)21-10-11)5-6-20-13-4-2-3-12(16)8-13;/h2-4,7-8,10H,5-6,9,17H2,1H3;1H. The number of benzene rings is 1. The Kier molecular flexibility index (Phi) is 7.24. The summed E-state index contributed by atoms with van der Waals surface area (Å²) in [5.74, 6) is 1.13. The number of amides is 1. The van der Waals surface area contributed by atoms with Gasteiger partial charge in [0.1, 0.15) is 24.4 Å². The molecule has 2 rings (SSSR count). The molecule has 0 unspecified atom stereocenters. The van der Waals surface area contributed by atoms with Crippen LogP contribution in [-0.4, -0.2) is 31.0 Å². The van der Waals surface area contributed by atoms with Crippen LogP contribution in [0.2, 0.25) is 5.02 Å². The van der Waals surface area contributed by atoms with Crippen LogP contribution in [-0.2, 0) is 6.54 Å². The Labute approximate surface area is 140 Å². The third-order valence-electron chi connectivity index (χ3n) is 2.94. The summed E-state index contributed by atoms with van der Waals surface area (Å²) in [5, 5.41) is 0.615. The first-order valence-corrected chi connectivity index (χ1v) is 6.89. The summed E-state index contributed by atoms with van der Waals surface area (Å²) < 4.78 is 10.7. The van der Waals surface area contributed by atoms with Gasteiger partial charge in [-0.25, -0.2) is 0 Å². The molecule has 0 saturated carbocycles. The van der Waals surface area contributed by atoms with Crippen molar-refractivity contribution in [2.24, 2.45) is 5.73 Å². The second-order valence-corrected chi connectivity index (χ2v) is 4.97. The molecular weight excluding hydrogens is 327 g/mol. The molecule has 0 atom stereocenters. The van der Waals surface area contributed by atoms with Crippen LogP contribution in [0.1, 0.15) is 16.1 Å². The molecule has 2 aromatic rings. The maximum Gasteiger partial charge on any atom is 0.256 e. The van der Waals surface area contributed by atoms with Gasteiger partial charge in [0, 0.05) is 12.1 Å². The zero-order valence-electron chi connectivity index (χ0n) is 12.1. The lowest BCUT2D eigenvalue weighted by Crippen LogP contribution is -2.30. The number of rotatable bonds is 6. The maximum absolute atomic E-state index is 12.1. The highest BCUT2D eigenvalue weighted by molar-refractivity contribution is 6.30. The minimum absolute atomic E-state index is 0. The Morgan fingerprint density at radius 1 is 1.41 bits per heavy atom. The van der Waals surface area contributed by atoms with Gasteiger partial charge < -0.3 is 19.8 Å². The lowest BCUT2D eigenvalue weighted by molar-refractivity contribution is 0.0773. The third-order valence-corrected chi connectivity index (χ3v) is 3.18. The highest BCUT2D eigenvalue weighted by Gasteiger charge is 2.14. The third kappa shape index (κ3) is 4.94. The number of carbonyl (C=O) groups is 1. The molecular formula is C15H18Cl2N2O3. The summed E-state index contributed by atoms with van der Waals surface area (Å²) in [6.45, 7) is 1.10. The van der Waals surface area contributed by atoms with Crippen molar-refractivity contribution in [1.82, 2.24) is 4.90 Å². The summed E-state index contributed by atoms with van der Waals surface area (Å²) in [5.41, 5.74) is 5.93. The van der Waals surface area contributed by atoms with E-state index in [0.717, 1.165) is 0 Å².